The maximum Gasteiger partial charge on any atom is 0.194 e. The van der Waals surface area contributed by atoms with Crippen LogP contribution in [-0.2, 0) is 9.16 Å². The lowest BCUT2D eigenvalue weighted by Crippen LogP contribution is -2.41. The van der Waals surface area contributed by atoms with E-state index in [1.165, 1.54) is 0 Å². The second-order valence-electron chi connectivity index (χ2n) is 6.42. The van der Waals surface area contributed by atoms with Crippen LogP contribution in [0.1, 0.15) is 32.4 Å². The van der Waals surface area contributed by atoms with Gasteiger partial charge in [0.25, 0.3) is 0 Å². The third-order valence-corrected chi connectivity index (χ3v) is 8.21. The van der Waals surface area contributed by atoms with Gasteiger partial charge in [-0.1, -0.05) is 62.9 Å². The van der Waals surface area contributed by atoms with Crippen LogP contribution in [0.15, 0.2) is 30.3 Å². The molecule has 0 aliphatic heterocycles. The van der Waals surface area contributed by atoms with Crippen molar-refractivity contribution in [1.29, 1.82) is 0 Å². The maximum atomic E-state index is 6.44. The van der Waals surface area contributed by atoms with Crippen LogP contribution >= 0.6 is 0 Å². The molecule has 0 spiro atoms. The normalized spacial score (nSPS) is 13.5. The smallest absolute Gasteiger partial charge is 0.194 e. The maximum absolute atomic E-state index is 6.44. The van der Waals surface area contributed by atoms with Gasteiger partial charge >= 0.3 is 0 Å². The number of hydrogen-bond acceptors (Lipinski definition) is 2. The van der Waals surface area contributed by atoms with Crippen molar-refractivity contribution in [2.45, 2.75) is 45.0 Å². The molecule has 0 saturated heterocycles. The van der Waals surface area contributed by atoms with E-state index in [1.54, 1.807) is 7.11 Å². The molecular weight excluding hydrogens is 264 g/mol. The molecule has 0 saturated carbocycles. The highest BCUT2D eigenvalue weighted by atomic mass is 28.4. The quantitative estimate of drug-likeness (QED) is 0.604. The van der Waals surface area contributed by atoms with Crippen LogP contribution in [0.4, 0.5) is 0 Å². The molecule has 0 aliphatic carbocycles. The molecule has 0 heterocycles. The first-order chi connectivity index (χ1) is 9.28. The van der Waals surface area contributed by atoms with E-state index in [4.69, 9.17) is 9.16 Å². The molecule has 1 aromatic rings. The minimum Gasteiger partial charge on any atom is -0.399 e. The Bertz CT molecular complexity index is 463. The molecule has 0 amide bonds. The zero-order valence-electron chi connectivity index (χ0n) is 13.5. The van der Waals surface area contributed by atoms with Crippen LogP contribution in [0.5, 0.6) is 0 Å². The summed E-state index contributed by atoms with van der Waals surface area (Å²) in [5, 5.41) is 0.170. The van der Waals surface area contributed by atoms with Crippen LogP contribution in [-0.4, -0.2) is 22.0 Å². The molecule has 0 N–H and O–H groups in total. The molecule has 0 radical (unpaired) electrons. The number of rotatable bonds is 4. The van der Waals surface area contributed by atoms with E-state index < -0.39 is 8.32 Å². The SMILES string of the molecule is COCC#CC(O[Si](C)(C)C(C)(C)C)c1ccccc1. The van der Waals surface area contributed by atoms with Gasteiger partial charge in [0.2, 0.25) is 0 Å². The lowest BCUT2D eigenvalue weighted by Gasteiger charge is -2.38. The van der Waals surface area contributed by atoms with Gasteiger partial charge in [0, 0.05) is 7.11 Å². The number of ether oxygens (including phenoxy) is 1. The first-order valence-electron chi connectivity index (χ1n) is 6.98. The molecule has 1 unspecified atom stereocenters. The first kappa shape index (κ1) is 17.0. The van der Waals surface area contributed by atoms with Crippen molar-refractivity contribution in [3.8, 4) is 11.8 Å². The zero-order valence-corrected chi connectivity index (χ0v) is 14.5. The van der Waals surface area contributed by atoms with Crippen molar-refractivity contribution < 1.29 is 9.16 Å². The summed E-state index contributed by atoms with van der Waals surface area (Å²) >= 11 is 0. The van der Waals surface area contributed by atoms with Crippen molar-refractivity contribution in [1.82, 2.24) is 0 Å². The summed E-state index contributed by atoms with van der Waals surface area (Å²) in [6.07, 6.45) is -0.174. The molecule has 1 aromatic carbocycles. The molecule has 1 rings (SSSR count). The van der Waals surface area contributed by atoms with Crippen molar-refractivity contribution in [2.24, 2.45) is 0 Å². The zero-order chi connectivity index (χ0) is 15.2. The Morgan fingerprint density at radius 3 is 2.25 bits per heavy atom. The molecule has 3 heteroatoms. The van der Waals surface area contributed by atoms with Gasteiger partial charge in [0.05, 0.1) is 0 Å². The van der Waals surface area contributed by atoms with Crippen LogP contribution in [0, 0.1) is 11.8 Å². The second-order valence-corrected chi connectivity index (χ2v) is 11.2. The number of hydrogen-bond donors (Lipinski definition) is 0. The van der Waals surface area contributed by atoms with Gasteiger partial charge < -0.3 is 9.16 Å². The summed E-state index contributed by atoms with van der Waals surface area (Å²) in [5.41, 5.74) is 1.11. The number of methoxy groups -OCH3 is 1. The van der Waals surface area contributed by atoms with E-state index in [2.05, 4.69) is 57.8 Å². The average molecular weight is 290 g/mol. The Kier molecular flexibility index (Phi) is 6.00. The van der Waals surface area contributed by atoms with Gasteiger partial charge in [-0.05, 0) is 23.7 Å². The predicted molar refractivity (Wildman–Crippen MR) is 87.1 cm³/mol. The molecule has 110 valence electrons. The van der Waals surface area contributed by atoms with Crippen LogP contribution in [0.25, 0.3) is 0 Å². The standard InChI is InChI=1S/C17H26O2Si/c1-17(2,3)20(5,6)19-16(13-10-14-18-4)15-11-8-7-9-12-15/h7-9,11-12,16H,14H2,1-6H3. The predicted octanol–water partition coefficient (Wildman–Crippen LogP) is 4.40. The highest BCUT2D eigenvalue weighted by Crippen LogP contribution is 2.39. The molecule has 1 atom stereocenters. The van der Waals surface area contributed by atoms with E-state index in [1.807, 2.05) is 18.2 Å². The highest BCUT2D eigenvalue weighted by molar-refractivity contribution is 6.74. The summed E-state index contributed by atoms with van der Waals surface area (Å²) in [6.45, 7) is 11.7. The van der Waals surface area contributed by atoms with Crippen molar-refractivity contribution in [3.05, 3.63) is 35.9 Å². The Balaban J connectivity index is 2.99. The molecule has 0 aromatic heterocycles. The Hall–Kier alpha value is -1.08. The van der Waals surface area contributed by atoms with Gasteiger partial charge in [0.1, 0.15) is 12.7 Å². The van der Waals surface area contributed by atoms with E-state index in [0.29, 0.717) is 6.61 Å². The second kappa shape index (κ2) is 7.08. The monoisotopic (exact) mass is 290 g/mol. The third-order valence-electron chi connectivity index (χ3n) is 3.77. The fourth-order valence-corrected chi connectivity index (χ4v) is 2.62. The van der Waals surface area contributed by atoms with Crippen molar-refractivity contribution in [2.75, 3.05) is 13.7 Å². The van der Waals surface area contributed by atoms with Gasteiger partial charge in [0.15, 0.2) is 8.32 Å². The third kappa shape index (κ3) is 4.79. The Labute approximate surface area is 124 Å². The molecular formula is C17H26O2Si. The minimum absolute atomic E-state index is 0.170. The van der Waals surface area contributed by atoms with E-state index in [9.17, 15) is 0 Å². The van der Waals surface area contributed by atoms with Crippen molar-refractivity contribution in [3.63, 3.8) is 0 Å². The lowest BCUT2D eigenvalue weighted by molar-refractivity contribution is 0.231. The molecule has 20 heavy (non-hydrogen) atoms. The fraction of sp³-hybridized carbons (Fsp3) is 0.529. The van der Waals surface area contributed by atoms with E-state index in [-0.39, 0.29) is 11.1 Å². The minimum atomic E-state index is -1.85. The topological polar surface area (TPSA) is 18.5 Å². The lowest BCUT2D eigenvalue weighted by atomic mass is 10.1. The summed E-state index contributed by atoms with van der Waals surface area (Å²) < 4.78 is 11.5. The fourth-order valence-electron chi connectivity index (χ4n) is 1.49. The van der Waals surface area contributed by atoms with Crippen LogP contribution < -0.4 is 0 Å². The molecule has 0 fully saturated rings. The summed E-state index contributed by atoms with van der Waals surface area (Å²) in [5.74, 6) is 6.24. The summed E-state index contributed by atoms with van der Waals surface area (Å²) in [6, 6.07) is 10.2. The van der Waals surface area contributed by atoms with Gasteiger partial charge in [-0.3, -0.25) is 0 Å². The first-order valence-corrected chi connectivity index (χ1v) is 9.89. The van der Waals surface area contributed by atoms with Gasteiger partial charge in [-0.15, -0.1) is 0 Å². The summed E-state index contributed by atoms with van der Waals surface area (Å²) in [4.78, 5) is 0. The van der Waals surface area contributed by atoms with E-state index >= 15 is 0 Å². The van der Waals surface area contributed by atoms with Gasteiger partial charge in [-0.2, -0.15) is 0 Å². The Morgan fingerprint density at radius 2 is 1.75 bits per heavy atom. The van der Waals surface area contributed by atoms with Crippen LogP contribution in [0.2, 0.25) is 18.1 Å². The molecule has 0 bridgehead atoms. The largest absolute Gasteiger partial charge is 0.399 e. The highest BCUT2D eigenvalue weighted by Gasteiger charge is 2.39. The molecule has 0 aliphatic rings. The van der Waals surface area contributed by atoms with Crippen LogP contribution in [0.3, 0.4) is 0 Å². The Morgan fingerprint density at radius 1 is 1.15 bits per heavy atom. The van der Waals surface area contributed by atoms with Gasteiger partial charge in [-0.25, -0.2) is 0 Å². The van der Waals surface area contributed by atoms with Crippen molar-refractivity contribution >= 4 is 8.32 Å². The molecule has 2 nitrogen and oxygen atoms in total. The summed E-state index contributed by atoms with van der Waals surface area (Å²) in [7, 11) is -0.201. The average Bonchev–Trinajstić information content (AvgIpc) is 2.37. The number of benzene rings is 1. The van der Waals surface area contributed by atoms with E-state index in [0.717, 1.165) is 5.56 Å².